The molecule has 5 rings (SSSR count). The van der Waals surface area contributed by atoms with Crippen molar-refractivity contribution in [3.8, 4) is 0 Å². The van der Waals surface area contributed by atoms with Gasteiger partial charge in [0.25, 0.3) is 17.7 Å². The number of anilines is 2. The molecule has 2 heterocycles. The van der Waals surface area contributed by atoms with Crippen LogP contribution in [0.2, 0.25) is 0 Å². The predicted molar refractivity (Wildman–Crippen MR) is 137 cm³/mol. The Labute approximate surface area is 214 Å². The summed E-state index contributed by atoms with van der Waals surface area (Å²) in [5, 5.41) is 11.0. The highest BCUT2D eigenvalue weighted by molar-refractivity contribution is 8.00. The SMILES string of the molecule is Cc1ccc(C)c(N2C(=O)c3ccc(C(=O)Nc4nnc(SCc5ccccc5F)s4)cc3C2=O)c1. The lowest BCUT2D eigenvalue weighted by atomic mass is 10.1. The minimum atomic E-state index is -0.481. The number of thioether (sulfide) groups is 1. The summed E-state index contributed by atoms with van der Waals surface area (Å²) in [6, 6.07) is 16.5. The van der Waals surface area contributed by atoms with Crippen LogP contribution in [0.5, 0.6) is 0 Å². The van der Waals surface area contributed by atoms with Crippen LogP contribution in [0.25, 0.3) is 0 Å². The molecule has 3 aromatic carbocycles. The molecule has 0 unspecified atom stereocenters. The monoisotopic (exact) mass is 518 g/mol. The van der Waals surface area contributed by atoms with Gasteiger partial charge in [-0.2, -0.15) is 0 Å². The summed E-state index contributed by atoms with van der Waals surface area (Å²) in [5.74, 6) is -1.28. The van der Waals surface area contributed by atoms with E-state index in [0.717, 1.165) is 16.0 Å². The number of hydrogen-bond donors (Lipinski definition) is 1. The quantitative estimate of drug-likeness (QED) is 0.202. The zero-order valence-electron chi connectivity index (χ0n) is 19.2. The molecule has 0 atom stereocenters. The zero-order valence-corrected chi connectivity index (χ0v) is 20.9. The summed E-state index contributed by atoms with van der Waals surface area (Å²) in [7, 11) is 0. The van der Waals surface area contributed by atoms with Crippen molar-refractivity contribution in [2.45, 2.75) is 23.9 Å². The summed E-state index contributed by atoms with van der Waals surface area (Å²) >= 11 is 2.48. The second-order valence-electron chi connectivity index (χ2n) is 8.20. The number of amides is 3. The van der Waals surface area contributed by atoms with Gasteiger partial charge >= 0.3 is 0 Å². The molecule has 0 bridgehead atoms. The molecular formula is C26H19FN4O3S2. The molecule has 0 saturated carbocycles. The number of hydrogen-bond acceptors (Lipinski definition) is 7. The minimum absolute atomic E-state index is 0.173. The molecule has 1 aliphatic rings. The summed E-state index contributed by atoms with van der Waals surface area (Å²) < 4.78 is 14.4. The van der Waals surface area contributed by atoms with Crippen molar-refractivity contribution in [2.75, 3.05) is 10.2 Å². The van der Waals surface area contributed by atoms with Gasteiger partial charge in [0.2, 0.25) is 5.13 Å². The summed E-state index contributed by atoms with van der Waals surface area (Å²) in [4.78, 5) is 40.1. The molecular weight excluding hydrogens is 499 g/mol. The van der Waals surface area contributed by atoms with Crippen LogP contribution in [0.4, 0.5) is 15.2 Å². The molecule has 0 spiro atoms. The van der Waals surface area contributed by atoms with Gasteiger partial charge in [0.15, 0.2) is 4.34 Å². The molecule has 1 N–H and O–H groups in total. The molecule has 0 aliphatic carbocycles. The van der Waals surface area contributed by atoms with E-state index in [1.165, 1.54) is 47.4 Å². The van der Waals surface area contributed by atoms with Crippen molar-refractivity contribution >= 4 is 51.6 Å². The maximum absolute atomic E-state index is 13.8. The van der Waals surface area contributed by atoms with Gasteiger partial charge in [-0.25, -0.2) is 9.29 Å². The molecule has 180 valence electrons. The largest absolute Gasteiger partial charge is 0.296 e. The molecule has 0 saturated heterocycles. The number of rotatable bonds is 6. The third-order valence-corrected chi connectivity index (χ3v) is 7.71. The van der Waals surface area contributed by atoms with E-state index in [9.17, 15) is 18.8 Å². The fourth-order valence-corrected chi connectivity index (χ4v) is 5.54. The highest BCUT2D eigenvalue weighted by Gasteiger charge is 2.37. The van der Waals surface area contributed by atoms with Crippen LogP contribution in [0.15, 0.2) is 65.0 Å². The van der Waals surface area contributed by atoms with E-state index in [2.05, 4.69) is 15.5 Å². The Balaban J connectivity index is 1.30. The Bertz CT molecular complexity index is 1540. The number of nitrogens with zero attached hydrogens (tertiary/aromatic N) is 3. The second-order valence-corrected chi connectivity index (χ2v) is 10.4. The topological polar surface area (TPSA) is 92.3 Å². The lowest BCUT2D eigenvalue weighted by Gasteiger charge is -2.17. The van der Waals surface area contributed by atoms with E-state index < -0.39 is 17.7 Å². The summed E-state index contributed by atoms with van der Waals surface area (Å²) in [6.07, 6.45) is 0. The first-order valence-electron chi connectivity index (χ1n) is 10.9. The number of benzene rings is 3. The van der Waals surface area contributed by atoms with Gasteiger partial charge in [0, 0.05) is 11.3 Å². The van der Waals surface area contributed by atoms with Crippen molar-refractivity contribution in [3.05, 3.63) is 99.9 Å². The number of aromatic nitrogens is 2. The van der Waals surface area contributed by atoms with Crippen LogP contribution in [0.1, 0.15) is 47.8 Å². The molecule has 36 heavy (non-hydrogen) atoms. The van der Waals surface area contributed by atoms with Gasteiger partial charge < -0.3 is 0 Å². The van der Waals surface area contributed by atoms with Gasteiger partial charge in [-0.15, -0.1) is 10.2 Å². The van der Waals surface area contributed by atoms with Crippen LogP contribution in [-0.2, 0) is 5.75 Å². The van der Waals surface area contributed by atoms with Crippen molar-refractivity contribution in [1.82, 2.24) is 10.2 Å². The molecule has 7 nitrogen and oxygen atoms in total. The highest BCUT2D eigenvalue weighted by atomic mass is 32.2. The molecule has 0 fully saturated rings. The van der Waals surface area contributed by atoms with Gasteiger partial charge in [-0.05, 0) is 60.9 Å². The predicted octanol–water partition coefficient (Wildman–Crippen LogP) is 5.64. The minimum Gasteiger partial charge on any atom is -0.296 e. The van der Waals surface area contributed by atoms with Crippen LogP contribution in [0.3, 0.4) is 0 Å². The fourth-order valence-electron chi connectivity index (χ4n) is 3.80. The van der Waals surface area contributed by atoms with Gasteiger partial charge in [-0.3, -0.25) is 19.7 Å². The normalized spacial score (nSPS) is 12.7. The number of carbonyl (C=O) groups is 3. The van der Waals surface area contributed by atoms with Gasteiger partial charge in [-0.1, -0.05) is 53.4 Å². The number of halogens is 1. The second kappa shape index (κ2) is 9.63. The van der Waals surface area contributed by atoms with Crippen molar-refractivity contribution in [2.24, 2.45) is 0 Å². The highest BCUT2D eigenvalue weighted by Crippen LogP contribution is 2.33. The van der Waals surface area contributed by atoms with E-state index in [1.54, 1.807) is 24.3 Å². The van der Waals surface area contributed by atoms with Crippen LogP contribution >= 0.6 is 23.1 Å². The number of fused-ring (bicyclic) bond motifs is 1. The Morgan fingerprint density at radius 1 is 1.00 bits per heavy atom. The zero-order chi connectivity index (χ0) is 25.4. The fraction of sp³-hybridized carbons (Fsp3) is 0.115. The van der Waals surface area contributed by atoms with Crippen LogP contribution in [-0.4, -0.2) is 27.9 Å². The molecule has 10 heteroatoms. The van der Waals surface area contributed by atoms with E-state index in [4.69, 9.17) is 0 Å². The number of aryl methyl sites for hydroxylation is 2. The van der Waals surface area contributed by atoms with Crippen LogP contribution in [0, 0.1) is 19.7 Å². The molecule has 0 radical (unpaired) electrons. The Morgan fingerprint density at radius 3 is 2.58 bits per heavy atom. The molecule has 1 aromatic heterocycles. The summed E-state index contributed by atoms with van der Waals surface area (Å²) in [6.45, 7) is 3.73. The van der Waals surface area contributed by atoms with Gasteiger partial charge in [0.1, 0.15) is 5.82 Å². The molecule has 4 aromatic rings. The lowest BCUT2D eigenvalue weighted by molar-refractivity contribution is 0.0925. The Hall–Kier alpha value is -3.89. The third kappa shape index (κ3) is 4.52. The van der Waals surface area contributed by atoms with E-state index >= 15 is 0 Å². The maximum atomic E-state index is 13.8. The van der Waals surface area contributed by atoms with E-state index in [-0.39, 0.29) is 27.6 Å². The first-order chi connectivity index (χ1) is 17.3. The lowest BCUT2D eigenvalue weighted by Crippen LogP contribution is -2.30. The summed E-state index contributed by atoms with van der Waals surface area (Å²) in [5.41, 5.74) is 3.45. The van der Waals surface area contributed by atoms with Crippen molar-refractivity contribution in [1.29, 1.82) is 0 Å². The average molecular weight is 519 g/mol. The first-order valence-corrected chi connectivity index (χ1v) is 12.7. The molecule has 3 amide bonds. The Morgan fingerprint density at radius 2 is 1.78 bits per heavy atom. The van der Waals surface area contributed by atoms with Gasteiger partial charge in [0.05, 0.1) is 16.8 Å². The standard InChI is InChI=1S/C26H19FN4O3S2/c1-14-7-8-15(2)21(11-14)31-23(33)18-10-9-16(12-19(18)24(31)34)22(32)28-25-29-30-26(36-25)35-13-17-5-3-4-6-20(17)27/h3-12H,13H2,1-2H3,(H,28,29,32). The molecule has 1 aliphatic heterocycles. The van der Waals surface area contributed by atoms with Crippen molar-refractivity contribution in [3.63, 3.8) is 0 Å². The maximum Gasteiger partial charge on any atom is 0.266 e. The first kappa shape index (κ1) is 23.8. The third-order valence-electron chi connectivity index (χ3n) is 5.69. The van der Waals surface area contributed by atoms with Crippen molar-refractivity contribution < 1.29 is 18.8 Å². The number of nitrogens with one attached hydrogen (secondary N) is 1. The Kier molecular flexibility index (Phi) is 6.38. The van der Waals surface area contributed by atoms with E-state index in [0.29, 0.717) is 21.3 Å². The number of carbonyl (C=O) groups excluding carboxylic acids is 3. The van der Waals surface area contributed by atoms with E-state index in [1.807, 2.05) is 26.0 Å². The number of imide groups is 1. The van der Waals surface area contributed by atoms with Crippen LogP contribution < -0.4 is 10.2 Å². The average Bonchev–Trinajstić information content (AvgIpc) is 3.41. The smallest absolute Gasteiger partial charge is 0.266 e.